The lowest BCUT2D eigenvalue weighted by molar-refractivity contribution is -0.0497. The van der Waals surface area contributed by atoms with E-state index < -0.39 is 15.5 Å². The van der Waals surface area contributed by atoms with Gasteiger partial charge in [-0.2, -0.15) is 17.5 Å². The highest BCUT2D eigenvalue weighted by molar-refractivity contribution is 7.90. The molecule has 27 heavy (non-hydrogen) atoms. The zero-order valence-electron chi connectivity index (χ0n) is 14.2. The lowest BCUT2D eigenvalue weighted by atomic mass is 9.95. The third kappa shape index (κ3) is 2.89. The summed E-state index contributed by atoms with van der Waals surface area (Å²) in [7, 11) is -5.26. The molecule has 0 aliphatic carbocycles. The van der Waals surface area contributed by atoms with Crippen LogP contribution in [0.25, 0.3) is 16.8 Å². The first-order chi connectivity index (χ1) is 12.7. The van der Waals surface area contributed by atoms with Crippen LogP contribution in [0.5, 0.6) is 0 Å². The first kappa shape index (κ1) is 18.2. The number of nitrogens with zero attached hydrogens (tertiary/aromatic N) is 4. The molecular formula is C16H17F3N4O3S. The van der Waals surface area contributed by atoms with Crippen LogP contribution in [-0.4, -0.2) is 45.3 Å². The number of piperidine rings is 1. The van der Waals surface area contributed by atoms with Crippen LogP contribution in [0.4, 0.5) is 13.2 Å². The van der Waals surface area contributed by atoms with Crippen LogP contribution < -0.4 is 5.56 Å². The van der Waals surface area contributed by atoms with E-state index >= 15 is 0 Å². The van der Waals surface area contributed by atoms with Crippen molar-refractivity contribution in [2.75, 3.05) is 13.1 Å². The van der Waals surface area contributed by atoms with E-state index in [0.717, 1.165) is 5.65 Å². The topological polar surface area (TPSA) is 76.7 Å². The molecule has 3 aromatic rings. The molecule has 0 atom stereocenters. The van der Waals surface area contributed by atoms with Gasteiger partial charge in [-0.15, -0.1) is 0 Å². The highest BCUT2D eigenvalue weighted by Crippen LogP contribution is 2.31. The van der Waals surface area contributed by atoms with E-state index in [1.165, 1.54) is 6.20 Å². The lowest BCUT2D eigenvalue weighted by Crippen LogP contribution is -2.45. The molecule has 1 fully saturated rings. The average Bonchev–Trinajstić information content (AvgIpc) is 3.16. The number of hydrogen-bond acceptors (Lipinski definition) is 4. The van der Waals surface area contributed by atoms with Crippen molar-refractivity contribution in [1.82, 2.24) is 18.3 Å². The molecule has 1 aliphatic heterocycles. The summed E-state index contributed by atoms with van der Waals surface area (Å²) in [6.07, 6.45) is 2.81. The molecule has 0 N–H and O–H groups in total. The Labute approximate surface area is 152 Å². The fraction of sp³-hybridized carbons (Fsp3) is 0.500. The summed E-state index contributed by atoms with van der Waals surface area (Å²) in [6.45, 7) is 0.121. The first-order valence-corrected chi connectivity index (χ1v) is 9.99. The predicted octanol–water partition coefficient (Wildman–Crippen LogP) is 2.04. The number of aromatic nitrogens is 3. The number of pyridine rings is 1. The second-order valence-corrected chi connectivity index (χ2v) is 8.69. The SMILES string of the molecule is O=c1c2cnc3cccc(n1CCC1CCN(S(=O)(=O)C(F)(F)F)CC1)n32. The molecule has 0 amide bonds. The van der Waals surface area contributed by atoms with Gasteiger partial charge in [0.15, 0.2) is 0 Å². The molecule has 4 heterocycles. The minimum atomic E-state index is -5.26. The Morgan fingerprint density at radius 1 is 1.19 bits per heavy atom. The molecule has 11 heteroatoms. The minimum Gasteiger partial charge on any atom is -0.292 e. The number of rotatable bonds is 4. The number of halogens is 3. The minimum absolute atomic E-state index is 0.0646. The summed E-state index contributed by atoms with van der Waals surface area (Å²) in [5.41, 5.74) is -3.51. The fourth-order valence-corrected chi connectivity index (χ4v) is 4.72. The van der Waals surface area contributed by atoms with Gasteiger partial charge in [0.25, 0.3) is 5.56 Å². The maximum atomic E-state index is 12.6. The lowest BCUT2D eigenvalue weighted by Gasteiger charge is -2.31. The first-order valence-electron chi connectivity index (χ1n) is 8.55. The molecule has 0 spiro atoms. The third-order valence-corrected chi connectivity index (χ3v) is 6.85. The van der Waals surface area contributed by atoms with Crippen molar-refractivity contribution in [2.24, 2.45) is 5.92 Å². The van der Waals surface area contributed by atoms with Gasteiger partial charge in [0.1, 0.15) is 16.8 Å². The van der Waals surface area contributed by atoms with E-state index in [0.29, 0.717) is 41.3 Å². The van der Waals surface area contributed by atoms with E-state index in [4.69, 9.17) is 0 Å². The molecule has 0 unspecified atom stereocenters. The summed E-state index contributed by atoms with van der Waals surface area (Å²) in [6, 6.07) is 5.44. The quantitative estimate of drug-likeness (QED) is 0.669. The number of hydrogen-bond donors (Lipinski definition) is 0. The van der Waals surface area contributed by atoms with E-state index in [1.54, 1.807) is 15.0 Å². The highest BCUT2D eigenvalue weighted by Gasteiger charge is 2.50. The molecule has 1 saturated heterocycles. The van der Waals surface area contributed by atoms with Gasteiger partial charge in [-0.25, -0.2) is 13.4 Å². The maximum Gasteiger partial charge on any atom is 0.511 e. The van der Waals surface area contributed by atoms with Gasteiger partial charge >= 0.3 is 15.5 Å². The van der Waals surface area contributed by atoms with Gasteiger partial charge in [0, 0.05) is 19.6 Å². The summed E-state index contributed by atoms with van der Waals surface area (Å²) >= 11 is 0. The molecule has 7 nitrogen and oxygen atoms in total. The fourth-order valence-electron chi connectivity index (χ4n) is 3.74. The molecular weight excluding hydrogens is 385 g/mol. The second kappa shape index (κ2) is 6.20. The van der Waals surface area contributed by atoms with Crippen LogP contribution in [0.2, 0.25) is 0 Å². The molecule has 0 bridgehead atoms. The van der Waals surface area contributed by atoms with Gasteiger partial charge in [0.05, 0.1) is 6.20 Å². The summed E-state index contributed by atoms with van der Waals surface area (Å²) in [5, 5.41) is 0. The van der Waals surface area contributed by atoms with Gasteiger partial charge in [-0.05, 0) is 37.3 Å². The smallest absolute Gasteiger partial charge is 0.292 e. The maximum absolute atomic E-state index is 12.6. The third-order valence-electron chi connectivity index (χ3n) is 5.22. The van der Waals surface area contributed by atoms with Crippen LogP contribution in [-0.2, 0) is 16.6 Å². The van der Waals surface area contributed by atoms with Crippen LogP contribution in [0.15, 0.2) is 29.2 Å². The van der Waals surface area contributed by atoms with Gasteiger partial charge in [-0.3, -0.25) is 13.8 Å². The zero-order valence-corrected chi connectivity index (χ0v) is 15.0. The highest BCUT2D eigenvalue weighted by atomic mass is 32.2. The molecule has 4 rings (SSSR count). The van der Waals surface area contributed by atoms with Crippen molar-refractivity contribution in [3.8, 4) is 0 Å². The molecule has 0 aromatic carbocycles. The zero-order chi connectivity index (χ0) is 19.4. The van der Waals surface area contributed by atoms with Gasteiger partial charge in [0.2, 0.25) is 0 Å². The van der Waals surface area contributed by atoms with Crippen molar-refractivity contribution in [1.29, 1.82) is 0 Å². The molecule has 0 radical (unpaired) electrons. The van der Waals surface area contributed by atoms with Crippen LogP contribution in [0.1, 0.15) is 19.3 Å². The summed E-state index contributed by atoms with van der Waals surface area (Å²) in [4.78, 5) is 16.7. The van der Waals surface area contributed by atoms with Gasteiger partial charge < -0.3 is 0 Å². The summed E-state index contributed by atoms with van der Waals surface area (Å²) in [5.74, 6) is 0.0646. The van der Waals surface area contributed by atoms with E-state index in [-0.39, 0.29) is 24.6 Å². The van der Waals surface area contributed by atoms with E-state index in [2.05, 4.69) is 4.98 Å². The summed E-state index contributed by atoms with van der Waals surface area (Å²) < 4.78 is 64.8. The second-order valence-electron chi connectivity index (χ2n) is 6.76. The molecule has 1 aliphatic rings. The number of alkyl halides is 3. The Bertz CT molecular complexity index is 1130. The van der Waals surface area contributed by atoms with Crippen LogP contribution in [0, 0.1) is 5.92 Å². The Kier molecular flexibility index (Phi) is 4.18. The van der Waals surface area contributed by atoms with Crippen molar-refractivity contribution >= 4 is 26.8 Å². The molecule has 3 aromatic heterocycles. The Balaban J connectivity index is 1.45. The van der Waals surface area contributed by atoms with Crippen molar-refractivity contribution in [3.63, 3.8) is 0 Å². The Morgan fingerprint density at radius 2 is 1.89 bits per heavy atom. The van der Waals surface area contributed by atoms with E-state index in [1.807, 2.05) is 12.1 Å². The van der Waals surface area contributed by atoms with Crippen molar-refractivity contribution in [2.45, 2.75) is 31.3 Å². The van der Waals surface area contributed by atoms with Crippen LogP contribution >= 0.6 is 0 Å². The number of sulfonamides is 1. The predicted molar refractivity (Wildman–Crippen MR) is 92.0 cm³/mol. The van der Waals surface area contributed by atoms with Gasteiger partial charge in [-0.1, -0.05) is 6.07 Å². The standard InChI is InChI=1S/C16H17F3N4O3S/c17-16(18,19)27(25,26)21-7-4-11(5-8-21)6-9-22-14-3-1-2-13-20-10-12(15(22)24)23(13)14/h1-3,10-11H,4-9H2. The largest absolute Gasteiger partial charge is 0.511 e. The number of aryl methyl sites for hydroxylation is 1. The Morgan fingerprint density at radius 3 is 2.56 bits per heavy atom. The molecule has 146 valence electrons. The van der Waals surface area contributed by atoms with Crippen LogP contribution in [0.3, 0.4) is 0 Å². The average molecular weight is 402 g/mol. The monoisotopic (exact) mass is 402 g/mol. The van der Waals surface area contributed by atoms with Crippen molar-refractivity contribution in [3.05, 3.63) is 34.7 Å². The number of imidazole rings is 2. The normalized spacial score (nSPS) is 18.0. The molecule has 0 saturated carbocycles. The van der Waals surface area contributed by atoms with Crippen molar-refractivity contribution < 1.29 is 21.6 Å². The van der Waals surface area contributed by atoms with E-state index in [9.17, 15) is 26.4 Å². The Hall–Kier alpha value is -2.14.